The third-order valence-corrected chi connectivity index (χ3v) is 4.41. The molecule has 1 aliphatic carbocycles. The Bertz CT molecular complexity index is 757. The zero-order valence-corrected chi connectivity index (χ0v) is 14.0. The quantitative estimate of drug-likeness (QED) is 0.798. The van der Waals surface area contributed by atoms with Crippen LogP contribution in [-0.4, -0.2) is 35.8 Å². The second-order valence-electron chi connectivity index (χ2n) is 6.52. The largest absolute Gasteiger partial charge is 0.466 e. The van der Waals surface area contributed by atoms with Crippen molar-refractivity contribution in [1.82, 2.24) is 0 Å². The van der Waals surface area contributed by atoms with Crippen LogP contribution in [0.25, 0.3) is 0 Å². The average Bonchev–Trinajstić information content (AvgIpc) is 2.51. The number of rotatable bonds is 3. The number of ether oxygens (including phenoxy) is 2. The number of ketones is 2. The van der Waals surface area contributed by atoms with E-state index in [0.717, 1.165) is 0 Å². The molecular weight excluding hydrogens is 308 g/mol. The second-order valence-corrected chi connectivity index (χ2v) is 6.52. The molecule has 5 heteroatoms. The van der Waals surface area contributed by atoms with Crippen LogP contribution in [0.5, 0.6) is 0 Å². The molecule has 3 rings (SSSR count). The van der Waals surface area contributed by atoms with E-state index in [4.69, 9.17) is 9.47 Å². The molecule has 0 radical (unpaired) electrons. The molecule has 2 aliphatic rings. The van der Waals surface area contributed by atoms with E-state index >= 15 is 0 Å². The first-order valence-corrected chi connectivity index (χ1v) is 8.10. The van der Waals surface area contributed by atoms with Crippen molar-refractivity contribution in [1.29, 1.82) is 0 Å². The minimum absolute atomic E-state index is 0.0666. The molecule has 1 aliphatic heterocycles. The fourth-order valence-corrected chi connectivity index (χ4v) is 3.52. The predicted molar refractivity (Wildman–Crippen MR) is 86.9 cm³/mol. The normalized spacial score (nSPS) is 22.0. The maximum absolute atomic E-state index is 12.9. The molecule has 126 valence electrons. The van der Waals surface area contributed by atoms with Gasteiger partial charge < -0.3 is 9.47 Å². The average molecular weight is 328 g/mol. The molecule has 24 heavy (non-hydrogen) atoms. The Kier molecular flexibility index (Phi) is 4.13. The summed E-state index contributed by atoms with van der Waals surface area (Å²) in [5.74, 6) is -0.678. The van der Waals surface area contributed by atoms with Crippen molar-refractivity contribution in [2.75, 3.05) is 6.61 Å². The van der Waals surface area contributed by atoms with Gasteiger partial charge in [-0.2, -0.15) is 0 Å². The third kappa shape index (κ3) is 2.69. The van der Waals surface area contributed by atoms with Crippen molar-refractivity contribution >= 4 is 17.5 Å². The van der Waals surface area contributed by atoms with Crippen molar-refractivity contribution < 1.29 is 23.9 Å². The monoisotopic (exact) mass is 328 g/mol. The van der Waals surface area contributed by atoms with Gasteiger partial charge in [-0.15, -0.1) is 0 Å². The van der Waals surface area contributed by atoms with Crippen molar-refractivity contribution in [2.45, 2.75) is 45.3 Å². The lowest BCUT2D eigenvalue weighted by molar-refractivity contribution is -0.149. The van der Waals surface area contributed by atoms with Gasteiger partial charge in [0.15, 0.2) is 11.6 Å². The second kappa shape index (κ2) is 5.98. The summed E-state index contributed by atoms with van der Waals surface area (Å²) in [6.45, 7) is 5.57. The minimum Gasteiger partial charge on any atom is -0.466 e. The van der Waals surface area contributed by atoms with E-state index in [2.05, 4.69) is 0 Å². The summed E-state index contributed by atoms with van der Waals surface area (Å²) in [5, 5.41) is 0. The van der Waals surface area contributed by atoms with Crippen LogP contribution in [0, 0.1) is 0 Å². The number of benzene rings is 1. The lowest BCUT2D eigenvalue weighted by atomic mass is 9.74. The molecular formula is C19H20O5. The Morgan fingerprint density at radius 1 is 1.21 bits per heavy atom. The molecule has 0 bridgehead atoms. The Balaban J connectivity index is 1.98. The highest BCUT2D eigenvalue weighted by Gasteiger charge is 2.45. The minimum atomic E-state index is -0.926. The molecule has 0 saturated heterocycles. The lowest BCUT2D eigenvalue weighted by Crippen LogP contribution is -2.45. The van der Waals surface area contributed by atoms with Crippen LogP contribution in [0.3, 0.4) is 0 Å². The highest BCUT2D eigenvalue weighted by atomic mass is 16.5. The number of hydrogen-bond acceptors (Lipinski definition) is 5. The number of Topliss-reactive ketones (excluding diaryl/α,β-unsaturated/α-hetero) is 2. The summed E-state index contributed by atoms with van der Waals surface area (Å²) in [6, 6.07) is 6.83. The van der Waals surface area contributed by atoms with Crippen molar-refractivity contribution in [3.63, 3.8) is 0 Å². The fourth-order valence-electron chi connectivity index (χ4n) is 3.52. The highest BCUT2D eigenvalue weighted by Crippen LogP contribution is 2.41. The molecule has 0 aromatic heterocycles. The van der Waals surface area contributed by atoms with E-state index in [0.29, 0.717) is 28.9 Å². The van der Waals surface area contributed by atoms with Crippen LogP contribution in [-0.2, 0) is 14.3 Å². The molecule has 0 saturated carbocycles. The lowest BCUT2D eigenvalue weighted by Gasteiger charge is -2.40. The summed E-state index contributed by atoms with van der Waals surface area (Å²) < 4.78 is 10.9. The molecule has 1 atom stereocenters. The van der Waals surface area contributed by atoms with E-state index in [9.17, 15) is 14.4 Å². The SMILES string of the molecule is CCOC(=O)C[C@@H]1CC2=C(C(=O)c3ccccc3C2=O)C(C)(C)O1. The van der Waals surface area contributed by atoms with E-state index < -0.39 is 11.7 Å². The molecule has 0 amide bonds. The van der Waals surface area contributed by atoms with Crippen molar-refractivity contribution in [2.24, 2.45) is 0 Å². The van der Waals surface area contributed by atoms with Crippen LogP contribution < -0.4 is 0 Å². The number of esters is 1. The topological polar surface area (TPSA) is 69.7 Å². The number of hydrogen-bond donors (Lipinski definition) is 0. The Morgan fingerprint density at radius 2 is 1.83 bits per heavy atom. The third-order valence-electron chi connectivity index (χ3n) is 4.41. The predicted octanol–water partition coefficient (Wildman–Crippen LogP) is 2.88. The zero-order valence-electron chi connectivity index (χ0n) is 14.0. The van der Waals surface area contributed by atoms with Crippen LogP contribution in [0.1, 0.15) is 54.3 Å². The van der Waals surface area contributed by atoms with Gasteiger partial charge in [-0.1, -0.05) is 24.3 Å². The Morgan fingerprint density at radius 3 is 2.46 bits per heavy atom. The van der Waals surface area contributed by atoms with Crippen LogP contribution in [0.2, 0.25) is 0 Å². The summed E-state index contributed by atoms with van der Waals surface area (Å²) in [5.41, 5.74) is 0.788. The van der Waals surface area contributed by atoms with E-state index in [1.807, 2.05) is 0 Å². The summed E-state index contributed by atoms with van der Waals surface area (Å²) in [6.07, 6.45) is -0.159. The Hall–Kier alpha value is -2.27. The smallest absolute Gasteiger partial charge is 0.308 e. The maximum atomic E-state index is 12.9. The summed E-state index contributed by atoms with van der Waals surface area (Å²) in [4.78, 5) is 37.5. The number of carbonyl (C=O) groups excluding carboxylic acids is 3. The molecule has 1 aromatic carbocycles. The molecule has 0 fully saturated rings. The van der Waals surface area contributed by atoms with E-state index in [1.54, 1.807) is 45.0 Å². The van der Waals surface area contributed by atoms with Crippen LogP contribution >= 0.6 is 0 Å². The van der Waals surface area contributed by atoms with E-state index in [-0.39, 0.29) is 30.4 Å². The molecule has 0 N–H and O–H groups in total. The first-order chi connectivity index (χ1) is 11.3. The van der Waals surface area contributed by atoms with Crippen molar-refractivity contribution in [3.05, 3.63) is 46.5 Å². The molecule has 0 unspecified atom stereocenters. The van der Waals surface area contributed by atoms with Gasteiger partial charge in [-0.05, 0) is 20.8 Å². The van der Waals surface area contributed by atoms with Gasteiger partial charge in [0.2, 0.25) is 0 Å². The maximum Gasteiger partial charge on any atom is 0.308 e. The van der Waals surface area contributed by atoms with Gasteiger partial charge >= 0.3 is 5.97 Å². The Labute approximate surface area is 140 Å². The van der Waals surface area contributed by atoms with Gasteiger partial charge in [-0.3, -0.25) is 14.4 Å². The summed E-state index contributed by atoms with van der Waals surface area (Å²) in [7, 11) is 0. The number of fused-ring (bicyclic) bond motifs is 1. The van der Waals surface area contributed by atoms with Gasteiger partial charge in [0, 0.05) is 28.7 Å². The number of carbonyl (C=O) groups is 3. The van der Waals surface area contributed by atoms with Crippen molar-refractivity contribution in [3.8, 4) is 0 Å². The van der Waals surface area contributed by atoms with Gasteiger partial charge in [-0.25, -0.2) is 0 Å². The zero-order chi connectivity index (χ0) is 17.5. The fraction of sp³-hybridized carbons (Fsp3) is 0.421. The molecule has 0 spiro atoms. The van der Waals surface area contributed by atoms with Gasteiger partial charge in [0.05, 0.1) is 24.7 Å². The molecule has 1 heterocycles. The van der Waals surface area contributed by atoms with Crippen LogP contribution in [0.4, 0.5) is 0 Å². The molecule has 1 aromatic rings. The van der Waals surface area contributed by atoms with Gasteiger partial charge in [0.1, 0.15) is 0 Å². The summed E-state index contributed by atoms with van der Waals surface area (Å²) >= 11 is 0. The standard InChI is InChI=1S/C19H20O5/c1-4-23-15(20)10-11-9-14-16(19(2,3)24-11)18(22)13-8-6-5-7-12(13)17(14)21/h5-8,11H,4,9-10H2,1-3H3/t11-/m0/s1. The first-order valence-electron chi connectivity index (χ1n) is 8.10. The first kappa shape index (κ1) is 16.6. The highest BCUT2D eigenvalue weighted by molar-refractivity contribution is 6.27. The van der Waals surface area contributed by atoms with E-state index in [1.165, 1.54) is 0 Å². The molecule has 5 nitrogen and oxygen atoms in total. The van der Waals surface area contributed by atoms with Gasteiger partial charge in [0.25, 0.3) is 0 Å². The van der Waals surface area contributed by atoms with Crippen LogP contribution in [0.15, 0.2) is 35.4 Å².